The number of carbonyl (C=O) groups excluding carboxylic acids is 2. The molecule has 190 valence electrons. The lowest BCUT2D eigenvalue weighted by molar-refractivity contribution is -0.384. The van der Waals surface area contributed by atoms with Crippen molar-refractivity contribution in [2.24, 2.45) is 0 Å². The number of carbonyl (C=O) groups is 2. The molecule has 0 bridgehead atoms. The number of benzene rings is 2. The maximum absolute atomic E-state index is 13.6. The number of hydrogen-bond donors (Lipinski definition) is 1. The number of amides is 2. The van der Waals surface area contributed by atoms with Crippen LogP contribution in [-0.2, 0) is 26.2 Å². The minimum absolute atomic E-state index is 0.00758. The predicted octanol–water partition coefficient (Wildman–Crippen LogP) is 3.08. The lowest BCUT2D eigenvalue weighted by atomic mass is 10.1. The second-order valence-electron chi connectivity index (χ2n) is 8.30. The molecule has 0 spiro atoms. The Balaban J connectivity index is 2.45. The normalized spacial score (nSPS) is 12.9. The van der Waals surface area contributed by atoms with Gasteiger partial charge >= 0.3 is 0 Å². The summed E-state index contributed by atoms with van der Waals surface area (Å²) < 4.78 is 26.0. The molecular weight excluding hydrogens is 472 g/mol. The molecule has 0 radical (unpaired) electrons. The van der Waals surface area contributed by atoms with Gasteiger partial charge in [-0.3, -0.25) is 24.0 Å². The number of hydrogen-bond acceptors (Lipinski definition) is 6. The number of nitro groups is 1. The summed E-state index contributed by atoms with van der Waals surface area (Å²) >= 11 is 0. The van der Waals surface area contributed by atoms with Crippen molar-refractivity contribution in [1.29, 1.82) is 0 Å². The minimum Gasteiger partial charge on any atom is -0.352 e. The minimum atomic E-state index is -3.97. The standard InChI is InChI=1S/C24H32N4O6S/c1-5-18(3)25-24(30)22(6-2)26(16-19-11-8-7-9-12-19)23(29)17-27(35(4,33)34)20-13-10-14-21(15-20)28(31)32/h7-15,18,22H,5-6,16-17H2,1-4H3,(H,25,30). The Labute approximate surface area is 206 Å². The van der Waals surface area contributed by atoms with Gasteiger partial charge in [0.1, 0.15) is 12.6 Å². The van der Waals surface area contributed by atoms with Crippen molar-refractivity contribution in [3.05, 3.63) is 70.3 Å². The molecule has 11 heteroatoms. The van der Waals surface area contributed by atoms with Gasteiger partial charge < -0.3 is 10.2 Å². The summed E-state index contributed by atoms with van der Waals surface area (Å²) in [5.74, 6) is -0.927. The predicted molar refractivity (Wildman–Crippen MR) is 134 cm³/mol. The summed E-state index contributed by atoms with van der Waals surface area (Å²) in [7, 11) is -3.97. The first-order valence-electron chi connectivity index (χ1n) is 11.3. The van der Waals surface area contributed by atoms with Crippen LogP contribution in [0.5, 0.6) is 0 Å². The molecule has 2 atom stereocenters. The van der Waals surface area contributed by atoms with Gasteiger partial charge in [0.05, 0.1) is 16.9 Å². The molecule has 0 saturated heterocycles. The number of nitrogens with zero attached hydrogens (tertiary/aromatic N) is 3. The first kappa shape index (κ1) is 27.8. The topological polar surface area (TPSA) is 130 Å². The van der Waals surface area contributed by atoms with Crippen LogP contribution in [0.15, 0.2) is 54.6 Å². The molecule has 0 aliphatic heterocycles. The summed E-state index contributed by atoms with van der Waals surface area (Å²) in [6.45, 7) is 5.06. The number of rotatable bonds is 12. The molecule has 0 aromatic heterocycles. The van der Waals surface area contributed by atoms with Crippen molar-refractivity contribution in [3.63, 3.8) is 0 Å². The Morgan fingerprint density at radius 1 is 1.06 bits per heavy atom. The smallest absolute Gasteiger partial charge is 0.271 e. The van der Waals surface area contributed by atoms with Gasteiger partial charge in [-0.1, -0.05) is 50.2 Å². The molecule has 0 aliphatic carbocycles. The lowest BCUT2D eigenvalue weighted by Crippen LogP contribution is -2.53. The van der Waals surface area contributed by atoms with Crippen molar-refractivity contribution in [2.45, 2.75) is 52.2 Å². The van der Waals surface area contributed by atoms with Gasteiger partial charge in [0.2, 0.25) is 21.8 Å². The van der Waals surface area contributed by atoms with Crippen LogP contribution in [0, 0.1) is 10.1 Å². The third-order valence-electron chi connectivity index (χ3n) is 5.59. The van der Waals surface area contributed by atoms with Crippen molar-refractivity contribution >= 4 is 33.2 Å². The zero-order chi connectivity index (χ0) is 26.2. The first-order chi connectivity index (χ1) is 16.5. The summed E-state index contributed by atoms with van der Waals surface area (Å²) in [4.78, 5) is 38.5. The third-order valence-corrected chi connectivity index (χ3v) is 6.73. The van der Waals surface area contributed by atoms with Gasteiger partial charge in [-0.05, 0) is 31.4 Å². The Morgan fingerprint density at radius 2 is 1.71 bits per heavy atom. The molecule has 0 saturated carbocycles. The largest absolute Gasteiger partial charge is 0.352 e. The zero-order valence-corrected chi connectivity index (χ0v) is 21.2. The first-order valence-corrected chi connectivity index (χ1v) is 13.2. The molecule has 0 fully saturated rings. The molecule has 35 heavy (non-hydrogen) atoms. The number of sulfonamides is 1. The number of nitro benzene ring substituents is 1. The maximum atomic E-state index is 13.6. The van der Waals surface area contributed by atoms with E-state index in [2.05, 4.69) is 5.32 Å². The van der Waals surface area contributed by atoms with Gasteiger partial charge in [-0.2, -0.15) is 0 Å². The van der Waals surface area contributed by atoms with Crippen LogP contribution in [0.2, 0.25) is 0 Å². The highest BCUT2D eigenvalue weighted by atomic mass is 32.2. The van der Waals surface area contributed by atoms with E-state index in [1.54, 1.807) is 6.92 Å². The summed E-state index contributed by atoms with van der Waals surface area (Å²) in [5, 5.41) is 14.1. The van der Waals surface area contributed by atoms with Crippen molar-refractivity contribution in [2.75, 3.05) is 17.1 Å². The molecule has 1 N–H and O–H groups in total. The highest BCUT2D eigenvalue weighted by Gasteiger charge is 2.32. The summed E-state index contributed by atoms with van der Waals surface area (Å²) in [6, 6.07) is 13.2. The zero-order valence-electron chi connectivity index (χ0n) is 20.4. The fourth-order valence-electron chi connectivity index (χ4n) is 3.52. The van der Waals surface area contributed by atoms with E-state index < -0.39 is 33.4 Å². The van der Waals surface area contributed by atoms with Gasteiger partial charge in [0.15, 0.2) is 0 Å². The van der Waals surface area contributed by atoms with Crippen molar-refractivity contribution in [3.8, 4) is 0 Å². The Bertz CT molecular complexity index is 1140. The number of anilines is 1. The van der Waals surface area contributed by atoms with Crippen molar-refractivity contribution in [1.82, 2.24) is 10.2 Å². The monoisotopic (exact) mass is 504 g/mol. The fraction of sp³-hybridized carbons (Fsp3) is 0.417. The third kappa shape index (κ3) is 7.78. The molecule has 10 nitrogen and oxygen atoms in total. The second kappa shape index (κ2) is 12.3. The van der Waals surface area contributed by atoms with Crippen LogP contribution in [0.1, 0.15) is 39.2 Å². The molecule has 0 heterocycles. The van der Waals surface area contributed by atoms with Crippen LogP contribution in [-0.4, -0.2) is 54.9 Å². The van der Waals surface area contributed by atoms with Crippen LogP contribution in [0.3, 0.4) is 0 Å². The lowest BCUT2D eigenvalue weighted by Gasteiger charge is -2.33. The SMILES string of the molecule is CCC(C)NC(=O)C(CC)N(Cc1ccccc1)C(=O)CN(c1cccc([N+](=O)[O-])c1)S(C)(=O)=O. The Morgan fingerprint density at radius 3 is 2.26 bits per heavy atom. The molecule has 2 unspecified atom stereocenters. The van der Waals surface area contributed by atoms with Crippen LogP contribution < -0.4 is 9.62 Å². The van der Waals surface area contributed by atoms with Gasteiger partial charge in [-0.25, -0.2) is 8.42 Å². The van der Waals surface area contributed by atoms with E-state index in [9.17, 15) is 28.1 Å². The van der Waals surface area contributed by atoms with E-state index in [-0.39, 0.29) is 29.9 Å². The molecule has 2 rings (SSSR count). The van der Waals surface area contributed by atoms with Gasteiger partial charge in [0, 0.05) is 24.7 Å². The van der Waals surface area contributed by atoms with Crippen LogP contribution in [0.4, 0.5) is 11.4 Å². The highest BCUT2D eigenvalue weighted by Crippen LogP contribution is 2.24. The highest BCUT2D eigenvalue weighted by molar-refractivity contribution is 7.92. The molecule has 2 amide bonds. The maximum Gasteiger partial charge on any atom is 0.271 e. The van der Waals surface area contributed by atoms with Gasteiger partial charge in [-0.15, -0.1) is 0 Å². The fourth-order valence-corrected chi connectivity index (χ4v) is 4.36. The summed E-state index contributed by atoms with van der Waals surface area (Å²) in [6.07, 6.45) is 1.95. The summed E-state index contributed by atoms with van der Waals surface area (Å²) in [5.41, 5.74) is 0.466. The van der Waals surface area contributed by atoms with Crippen LogP contribution in [0.25, 0.3) is 0 Å². The molecular formula is C24H32N4O6S. The van der Waals surface area contributed by atoms with E-state index in [0.29, 0.717) is 12.8 Å². The van der Waals surface area contributed by atoms with E-state index in [0.717, 1.165) is 22.2 Å². The Kier molecular flexibility index (Phi) is 9.76. The number of nitrogens with one attached hydrogen (secondary N) is 1. The average molecular weight is 505 g/mol. The van der Waals surface area contributed by atoms with E-state index in [1.807, 2.05) is 44.2 Å². The van der Waals surface area contributed by atoms with E-state index in [4.69, 9.17) is 0 Å². The molecule has 0 aliphatic rings. The molecule has 2 aromatic rings. The second-order valence-corrected chi connectivity index (χ2v) is 10.2. The average Bonchev–Trinajstić information content (AvgIpc) is 2.82. The van der Waals surface area contributed by atoms with Crippen LogP contribution >= 0.6 is 0 Å². The van der Waals surface area contributed by atoms with Gasteiger partial charge in [0.25, 0.3) is 5.69 Å². The number of non-ortho nitro benzene ring substituents is 1. The van der Waals surface area contributed by atoms with Crippen molar-refractivity contribution < 1.29 is 22.9 Å². The quantitative estimate of drug-likeness (QED) is 0.349. The van der Waals surface area contributed by atoms with E-state index in [1.165, 1.54) is 23.1 Å². The Hall–Kier alpha value is -3.47. The van der Waals surface area contributed by atoms with E-state index >= 15 is 0 Å². The molecule has 2 aromatic carbocycles.